The summed E-state index contributed by atoms with van der Waals surface area (Å²) in [4.78, 5) is 0.865. The Morgan fingerprint density at radius 1 is 1.12 bits per heavy atom. The van der Waals surface area contributed by atoms with Crippen LogP contribution in [-0.2, 0) is 13.0 Å². The Labute approximate surface area is 96.0 Å². The molecule has 0 fully saturated rings. The third kappa shape index (κ3) is 2.28. The zero-order chi connectivity index (χ0) is 11.5. The number of hydrogen-bond donors (Lipinski definition) is 1. The molecule has 0 radical (unpaired) electrons. The maximum Gasteiger partial charge on any atom is 0.159 e. The fourth-order valence-electron chi connectivity index (χ4n) is 1.53. The molecule has 0 aliphatic heterocycles. The topological polar surface area (TPSA) is 20.2 Å². The number of thiophene rings is 1. The molecule has 0 amide bonds. The van der Waals surface area contributed by atoms with E-state index < -0.39 is 11.6 Å². The van der Waals surface area contributed by atoms with E-state index >= 15 is 0 Å². The summed E-state index contributed by atoms with van der Waals surface area (Å²) in [6, 6.07) is 5.75. The standard InChI is InChI=1S/C12H10F2OS/c13-10-2-1-8(6-11(10)14)5-9-3-4-16-12(9)7-15/h1-4,6,15H,5,7H2. The minimum absolute atomic E-state index is 0.0172. The van der Waals surface area contributed by atoms with E-state index in [1.165, 1.54) is 17.4 Å². The van der Waals surface area contributed by atoms with Crippen LogP contribution in [0.2, 0.25) is 0 Å². The van der Waals surface area contributed by atoms with Crippen LogP contribution < -0.4 is 0 Å². The van der Waals surface area contributed by atoms with E-state index in [0.29, 0.717) is 12.0 Å². The van der Waals surface area contributed by atoms with Crippen LogP contribution in [0.15, 0.2) is 29.6 Å². The fourth-order valence-corrected chi connectivity index (χ4v) is 2.30. The van der Waals surface area contributed by atoms with Gasteiger partial charge in [0, 0.05) is 4.88 Å². The van der Waals surface area contributed by atoms with E-state index in [2.05, 4.69) is 0 Å². The molecule has 0 aliphatic carbocycles. The van der Waals surface area contributed by atoms with Crippen LogP contribution in [0.4, 0.5) is 8.78 Å². The Hall–Kier alpha value is -1.26. The number of rotatable bonds is 3. The molecule has 0 aliphatic rings. The summed E-state index contributed by atoms with van der Waals surface area (Å²) in [6.07, 6.45) is 0.511. The average Bonchev–Trinajstić information content (AvgIpc) is 2.71. The molecule has 2 rings (SSSR count). The third-order valence-electron chi connectivity index (χ3n) is 2.36. The molecule has 16 heavy (non-hydrogen) atoms. The summed E-state index contributed by atoms with van der Waals surface area (Å²) in [5.41, 5.74) is 1.66. The van der Waals surface area contributed by atoms with E-state index in [-0.39, 0.29) is 6.61 Å². The second kappa shape index (κ2) is 4.72. The highest BCUT2D eigenvalue weighted by Crippen LogP contribution is 2.21. The SMILES string of the molecule is OCc1sccc1Cc1ccc(F)c(F)c1. The Kier molecular flexibility index (Phi) is 3.31. The van der Waals surface area contributed by atoms with Gasteiger partial charge in [0.05, 0.1) is 6.61 Å². The highest BCUT2D eigenvalue weighted by molar-refractivity contribution is 7.10. The van der Waals surface area contributed by atoms with Crippen molar-refractivity contribution in [1.29, 1.82) is 0 Å². The minimum atomic E-state index is -0.837. The van der Waals surface area contributed by atoms with Crippen molar-refractivity contribution in [2.75, 3.05) is 0 Å². The molecule has 0 spiro atoms. The Balaban J connectivity index is 2.24. The van der Waals surface area contributed by atoms with Crippen LogP contribution in [0, 0.1) is 11.6 Å². The Morgan fingerprint density at radius 2 is 1.94 bits per heavy atom. The van der Waals surface area contributed by atoms with Gasteiger partial charge in [-0.2, -0.15) is 0 Å². The summed E-state index contributed by atoms with van der Waals surface area (Å²) in [5, 5.41) is 10.9. The summed E-state index contributed by atoms with van der Waals surface area (Å²) < 4.78 is 25.7. The second-order valence-electron chi connectivity index (χ2n) is 3.45. The molecule has 0 atom stereocenters. The largest absolute Gasteiger partial charge is 0.391 e. The lowest BCUT2D eigenvalue weighted by Gasteiger charge is -2.02. The summed E-state index contributed by atoms with van der Waals surface area (Å²) in [5.74, 6) is -1.67. The van der Waals surface area contributed by atoms with Gasteiger partial charge in [-0.05, 0) is 41.1 Å². The lowest BCUT2D eigenvalue weighted by Crippen LogP contribution is -1.93. The van der Waals surface area contributed by atoms with Crippen molar-refractivity contribution in [3.05, 3.63) is 57.3 Å². The Bertz CT molecular complexity index is 494. The molecular weight excluding hydrogens is 230 g/mol. The summed E-state index contributed by atoms with van der Waals surface area (Å²) >= 11 is 1.46. The van der Waals surface area contributed by atoms with E-state index in [0.717, 1.165) is 16.5 Å². The molecule has 1 N–H and O–H groups in total. The van der Waals surface area contributed by atoms with Gasteiger partial charge in [-0.1, -0.05) is 6.07 Å². The van der Waals surface area contributed by atoms with Crippen molar-refractivity contribution >= 4 is 11.3 Å². The van der Waals surface area contributed by atoms with Crippen LogP contribution in [0.3, 0.4) is 0 Å². The van der Waals surface area contributed by atoms with Crippen molar-refractivity contribution in [1.82, 2.24) is 0 Å². The fraction of sp³-hybridized carbons (Fsp3) is 0.167. The smallest absolute Gasteiger partial charge is 0.159 e. The first kappa shape index (κ1) is 11.2. The second-order valence-corrected chi connectivity index (χ2v) is 4.45. The maximum absolute atomic E-state index is 13.0. The lowest BCUT2D eigenvalue weighted by atomic mass is 10.1. The van der Waals surface area contributed by atoms with Crippen LogP contribution in [-0.4, -0.2) is 5.11 Å². The highest BCUT2D eigenvalue weighted by atomic mass is 32.1. The summed E-state index contributed by atoms with van der Waals surface area (Å²) in [6.45, 7) is -0.0172. The van der Waals surface area contributed by atoms with Gasteiger partial charge in [0.2, 0.25) is 0 Å². The number of hydrogen-bond acceptors (Lipinski definition) is 2. The predicted molar refractivity (Wildman–Crippen MR) is 59.4 cm³/mol. The third-order valence-corrected chi connectivity index (χ3v) is 3.31. The van der Waals surface area contributed by atoms with Gasteiger partial charge in [-0.15, -0.1) is 11.3 Å². The zero-order valence-electron chi connectivity index (χ0n) is 8.41. The number of benzene rings is 1. The monoisotopic (exact) mass is 240 g/mol. The van der Waals surface area contributed by atoms with E-state index in [1.54, 1.807) is 6.07 Å². The van der Waals surface area contributed by atoms with E-state index in [4.69, 9.17) is 5.11 Å². The normalized spacial score (nSPS) is 10.7. The van der Waals surface area contributed by atoms with E-state index in [9.17, 15) is 8.78 Å². The number of halogens is 2. The average molecular weight is 240 g/mol. The first-order chi connectivity index (χ1) is 7.70. The van der Waals surface area contributed by atoms with E-state index in [1.807, 2.05) is 11.4 Å². The summed E-state index contributed by atoms with van der Waals surface area (Å²) in [7, 11) is 0. The van der Waals surface area contributed by atoms with Crippen molar-refractivity contribution < 1.29 is 13.9 Å². The van der Waals surface area contributed by atoms with Gasteiger partial charge in [-0.25, -0.2) is 8.78 Å². The molecule has 0 saturated heterocycles. The Morgan fingerprint density at radius 3 is 2.62 bits per heavy atom. The van der Waals surface area contributed by atoms with Gasteiger partial charge in [0.1, 0.15) is 0 Å². The predicted octanol–water partition coefficient (Wildman–Crippen LogP) is 3.11. The van der Waals surface area contributed by atoms with Crippen LogP contribution >= 0.6 is 11.3 Å². The first-order valence-corrected chi connectivity index (χ1v) is 5.68. The van der Waals surface area contributed by atoms with Gasteiger partial charge in [0.25, 0.3) is 0 Å². The van der Waals surface area contributed by atoms with Crippen molar-refractivity contribution in [3.63, 3.8) is 0 Å². The minimum Gasteiger partial charge on any atom is -0.391 e. The molecule has 0 bridgehead atoms. The molecule has 1 aromatic heterocycles. The maximum atomic E-state index is 13.0. The van der Waals surface area contributed by atoms with Crippen molar-refractivity contribution in [2.45, 2.75) is 13.0 Å². The number of aliphatic hydroxyl groups excluding tert-OH is 1. The molecule has 1 aromatic carbocycles. The molecular formula is C12H10F2OS. The van der Waals surface area contributed by atoms with Crippen molar-refractivity contribution in [3.8, 4) is 0 Å². The lowest BCUT2D eigenvalue weighted by molar-refractivity contribution is 0.284. The van der Waals surface area contributed by atoms with Crippen LogP contribution in [0.25, 0.3) is 0 Å². The van der Waals surface area contributed by atoms with Gasteiger partial charge < -0.3 is 5.11 Å². The van der Waals surface area contributed by atoms with Crippen molar-refractivity contribution in [2.24, 2.45) is 0 Å². The van der Waals surface area contributed by atoms with Gasteiger partial charge in [-0.3, -0.25) is 0 Å². The molecule has 1 nitrogen and oxygen atoms in total. The van der Waals surface area contributed by atoms with Gasteiger partial charge >= 0.3 is 0 Å². The molecule has 2 aromatic rings. The first-order valence-electron chi connectivity index (χ1n) is 4.80. The number of aliphatic hydroxyl groups is 1. The van der Waals surface area contributed by atoms with Gasteiger partial charge in [0.15, 0.2) is 11.6 Å². The zero-order valence-corrected chi connectivity index (χ0v) is 9.23. The van der Waals surface area contributed by atoms with Crippen LogP contribution in [0.1, 0.15) is 16.0 Å². The molecule has 84 valence electrons. The quantitative estimate of drug-likeness (QED) is 0.874. The molecule has 0 saturated carbocycles. The molecule has 1 heterocycles. The highest BCUT2D eigenvalue weighted by Gasteiger charge is 2.07. The molecule has 4 heteroatoms. The molecule has 0 unspecified atom stereocenters. The van der Waals surface area contributed by atoms with Crippen LogP contribution in [0.5, 0.6) is 0 Å².